The number of primary amides is 1. The number of aryl methyl sites for hydroxylation is 1. The zero-order chi connectivity index (χ0) is 56.7. The number of nitrogens with two attached hydrogens (primary N) is 1. The minimum absolute atomic E-state index is 0.00236. The van der Waals surface area contributed by atoms with Gasteiger partial charge in [-0.2, -0.15) is 0 Å². The first-order valence-electron chi connectivity index (χ1n) is 25.6. The fourth-order valence-corrected chi connectivity index (χ4v) is 8.56. The van der Waals surface area contributed by atoms with Crippen LogP contribution in [0.3, 0.4) is 0 Å². The Bertz CT molecular complexity index is 2910. The first-order chi connectivity index (χ1) is 37.3. The Balaban J connectivity index is 1.35. The van der Waals surface area contributed by atoms with Crippen molar-refractivity contribution in [1.29, 1.82) is 0 Å². The van der Waals surface area contributed by atoms with Crippen molar-refractivity contribution in [1.82, 2.24) is 47.1 Å². The van der Waals surface area contributed by atoms with E-state index in [2.05, 4.69) is 42.2 Å². The Morgan fingerprint density at radius 2 is 1.28 bits per heavy atom. The number of carboxylic acid groups (broad SMARTS) is 1. The molecule has 0 aliphatic rings. The monoisotopic (exact) mass is 1070 g/mol. The maximum absolute atomic E-state index is 14.6. The van der Waals surface area contributed by atoms with Gasteiger partial charge in [0.2, 0.25) is 41.4 Å². The summed E-state index contributed by atoms with van der Waals surface area (Å²) in [6, 6.07) is 20.8. The fourth-order valence-electron chi connectivity index (χ4n) is 8.56. The number of aromatic nitrogens is 1. The number of hydrogen-bond donors (Lipinski definition) is 11. The number of nitrogens with zero attached hydrogens (tertiary/aromatic N) is 1. The highest BCUT2D eigenvalue weighted by Gasteiger charge is 2.35. The lowest BCUT2D eigenvalue weighted by molar-refractivity contribution is -0.146. The van der Waals surface area contributed by atoms with Crippen molar-refractivity contribution in [2.24, 2.45) is 5.73 Å². The van der Waals surface area contributed by atoms with Crippen LogP contribution in [0.25, 0.3) is 10.9 Å². The zero-order valence-electron chi connectivity index (χ0n) is 43.8. The number of carbonyl (C=O) groups is 10. The molecule has 5 aromatic rings. The molecule has 22 nitrogen and oxygen atoms in total. The third-order valence-electron chi connectivity index (χ3n) is 12.8. The van der Waals surface area contributed by atoms with E-state index in [1.54, 1.807) is 104 Å². The summed E-state index contributed by atoms with van der Waals surface area (Å²) in [5.74, 6) is -7.75. The molecule has 0 fully saturated rings. The van der Waals surface area contributed by atoms with Crippen molar-refractivity contribution in [3.63, 3.8) is 0 Å². The topological polar surface area (TPSA) is 340 Å². The van der Waals surface area contributed by atoms with Crippen LogP contribution in [0.5, 0.6) is 5.75 Å². The van der Waals surface area contributed by atoms with Crippen molar-refractivity contribution >= 4 is 70.2 Å². The minimum atomic E-state index is -1.77. The van der Waals surface area contributed by atoms with Gasteiger partial charge in [-0.05, 0) is 79.1 Å². The number of benzene rings is 4. The molecule has 10 amide bonds. The van der Waals surface area contributed by atoms with E-state index in [0.29, 0.717) is 46.0 Å². The number of aromatic amines is 1. The molecule has 5 atom stereocenters. The van der Waals surface area contributed by atoms with E-state index in [1.807, 2.05) is 6.92 Å². The Hall–Kier alpha value is -9.08. The van der Waals surface area contributed by atoms with Crippen molar-refractivity contribution in [3.05, 3.63) is 137 Å². The first kappa shape index (κ1) is 59.8. The van der Waals surface area contributed by atoms with Gasteiger partial charge in [0.15, 0.2) is 0 Å². The fraction of sp³-hybridized carbons (Fsp3) is 0.357. The van der Waals surface area contributed by atoms with Crippen molar-refractivity contribution < 1.29 is 58.2 Å². The molecule has 78 heavy (non-hydrogen) atoms. The summed E-state index contributed by atoms with van der Waals surface area (Å²) in [7, 11) is 1.25. The molecule has 0 aliphatic carbocycles. The van der Waals surface area contributed by atoms with Crippen molar-refractivity contribution in [2.45, 2.75) is 108 Å². The van der Waals surface area contributed by atoms with E-state index < -0.39 is 102 Å². The van der Waals surface area contributed by atoms with Crippen LogP contribution in [0, 0.1) is 6.92 Å². The first-order valence-corrected chi connectivity index (χ1v) is 25.6. The summed E-state index contributed by atoms with van der Waals surface area (Å²) in [5, 5.41) is 38.2. The smallest absolute Gasteiger partial charge is 0.321 e. The van der Waals surface area contributed by atoms with Gasteiger partial charge in [0.25, 0.3) is 5.91 Å². The number of aliphatic carboxylic acids is 1. The number of H-pyrrole nitrogens is 1. The van der Waals surface area contributed by atoms with Crippen LogP contribution in [0.2, 0.25) is 0 Å². The van der Waals surface area contributed by atoms with Crippen LogP contribution >= 0.6 is 0 Å². The number of para-hydroxylation sites is 1. The number of carbonyl (C=O) groups excluding carboxylic acids is 9. The molecule has 5 rings (SSSR count). The molecule has 414 valence electrons. The maximum Gasteiger partial charge on any atom is 0.321 e. The molecule has 22 heteroatoms. The highest BCUT2D eigenvalue weighted by atomic mass is 16.4. The molecular weight excluding hydrogens is 1000 g/mol. The SMILES string of the molecule is CCCC[C@H](NC(=O)Cc1ccc(O)cc1)C(=O)NCC(=O)N[C@@H](Cc1c[nH]c2ccccc12)C(=O)N[C@@H](CCCCNC(=O)NC(=O)c1ccccc1C)C(=O)N[C@@H](CC(=O)O)C(=O)N(C)[C@@H](Cc1ccccc1)C(N)=O. The normalized spacial score (nSPS) is 12.8. The summed E-state index contributed by atoms with van der Waals surface area (Å²) in [4.78, 5) is 138. The molecule has 0 radical (unpaired) electrons. The quantitative estimate of drug-likeness (QED) is 0.0308. The van der Waals surface area contributed by atoms with Crippen LogP contribution in [-0.4, -0.2) is 130 Å². The summed E-state index contributed by atoms with van der Waals surface area (Å²) in [6.45, 7) is 3.00. The third-order valence-corrected chi connectivity index (χ3v) is 12.8. The molecule has 1 aromatic heterocycles. The molecule has 0 aliphatic heterocycles. The number of hydrogen-bond acceptors (Lipinski definition) is 11. The van der Waals surface area contributed by atoms with Gasteiger partial charge in [0.1, 0.15) is 36.0 Å². The second-order valence-corrected chi connectivity index (χ2v) is 18.8. The summed E-state index contributed by atoms with van der Waals surface area (Å²) >= 11 is 0. The lowest BCUT2D eigenvalue weighted by atomic mass is 10.0. The minimum Gasteiger partial charge on any atom is -0.508 e. The molecule has 0 saturated heterocycles. The summed E-state index contributed by atoms with van der Waals surface area (Å²) in [6.07, 6.45) is 2.15. The number of unbranched alkanes of at least 4 members (excludes halogenated alkanes) is 2. The number of aromatic hydroxyl groups is 1. The number of phenolic OH excluding ortho intramolecular Hbond substituents is 1. The lowest BCUT2D eigenvalue weighted by Crippen LogP contribution is -2.59. The van der Waals surface area contributed by atoms with E-state index in [9.17, 15) is 58.2 Å². The number of amides is 10. The standard InChI is InChI=1S/C56H68N10O12/c1-4-5-20-42(61-47(68)29-36-23-25-38(67)26-24-36)52(74)60-33-48(69)62-44(30-37-32-59-41-21-12-11-19-40(37)41)54(76)63-43(22-13-14-27-58-56(78)65-51(73)39-18-10-9-15-34(39)2)53(75)64-45(31-49(70)71)55(77)66(3)46(50(57)72)28-35-16-7-6-8-17-35/h6-12,15-19,21,23-26,32,42-46,59,67H,4-5,13-14,20,22,27-31,33H2,1-3H3,(H2,57,72)(H,60,74)(H,61,68)(H,62,69)(H,63,76)(H,64,75)(H,70,71)(H2,58,65,73,78)/t42-,43-,44-,45-,46-/m0/s1. The Morgan fingerprint density at radius 1 is 0.654 bits per heavy atom. The van der Waals surface area contributed by atoms with Crippen LogP contribution in [0.4, 0.5) is 4.79 Å². The van der Waals surface area contributed by atoms with Crippen LogP contribution < -0.4 is 43.0 Å². The van der Waals surface area contributed by atoms with Crippen molar-refractivity contribution in [2.75, 3.05) is 20.1 Å². The largest absolute Gasteiger partial charge is 0.508 e. The van der Waals surface area contributed by atoms with Gasteiger partial charge in [0, 0.05) is 49.1 Å². The second-order valence-electron chi connectivity index (χ2n) is 18.8. The van der Waals surface area contributed by atoms with E-state index in [-0.39, 0.29) is 57.2 Å². The Labute approximate surface area is 451 Å². The number of rotatable bonds is 29. The van der Waals surface area contributed by atoms with Gasteiger partial charge < -0.3 is 57.7 Å². The predicted octanol–water partition coefficient (Wildman–Crippen LogP) is 2.55. The number of nitrogens with one attached hydrogen (secondary N) is 8. The number of fused-ring (bicyclic) bond motifs is 1. The highest BCUT2D eigenvalue weighted by molar-refractivity contribution is 6.05. The molecule has 0 saturated carbocycles. The van der Waals surface area contributed by atoms with E-state index in [4.69, 9.17) is 5.73 Å². The Kier molecular flexibility index (Phi) is 22.9. The molecule has 1 heterocycles. The third kappa shape index (κ3) is 18.6. The lowest BCUT2D eigenvalue weighted by Gasteiger charge is -2.30. The molecule has 0 spiro atoms. The Morgan fingerprint density at radius 3 is 1.97 bits per heavy atom. The molecule has 4 aromatic carbocycles. The predicted molar refractivity (Wildman–Crippen MR) is 288 cm³/mol. The van der Waals surface area contributed by atoms with Crippen LogP contribution in [0.15, 0.2) is 109 Å². The zero-order valence-corrected chi connectivity index (χ0v) is 43.8. The number of carboxylic acids is 1. The van der Waals surface area contributed by atoms with Gasteiger partial charge in [-0.15, -0.1) is 0 Å². The average molecular weight is 1070 g/mol. The van der Waals surface area contributed by atoms with E-state index in [0.717, 1.165) is 10.4 Å². The number of imide groups is 1. The summed E-state index contributed by atoms with van der Waals surface area (Å²) < 4.78 is 0. The second kappa shape index (κ2) is 29.9. The highest BCUT2D eigenvalue weighted by Crippen LogP contribution is 2.20. The molecule has 12 N–H and O–H groups in total. The molecule has 0 bridgehead atoms. The molecular formula is C56H68N10O12. The number of likely N-dealkylation sites (N-methyl/N-ethyl adjacent to an activating group) is 1. The summed E-state index contributed by atoms with van der Waals surface area (Å²) in [5.41, 5.74) is 9.23. The maximum atomic E-state index is 14.6. The van der Waals surface area contributed by atoms with Crippen LogP contribution in [-0.2, 0) is 57.6 Å². The number of urea groups is 1. The van der Waals surface area contributed by atoms with E-state index in [1.165, 1.54) is 19.2 Å². The average Bonchev–Trinajstić information content (AvgIpc) is 3.84. The van der Waals surface area contributed by atoms with Crippen molar-refractivity contribution in [3.8, 4) is 5.75 Å². The molecule has 0 unspecified atom stereocenters. The van der Waals surface area contributed by atoms with E-state index >= 15 is 0 Å². The van der Waals surface area contributed by atoms with Gasteiger partial charge in [0.05, 0.1) is 19.4 Å². The van der Waals surface area contributed by atoms with Crippen LogP contribution in [0.1, 0.15) is 84.5 Å². The van der Waals surface area contributed by atoms with Gasteiger partial charge >= 0.3 is 12.0 Å². The number of phenols is 1. The van der Waals surface area contributed by atoms with Gasteiger partial charge in [-0.25, -0.2) is 4.79 Å². The van der Waals surface area contributed by atoms with Gasteiger partial charge in [-0.1, -0.05) is 98.6 Å². The van der Waals surface area contributed by atoms with Gasteiger partial charge in [-0.3, -0.25) is 48.5 Å².